The van der Waals surface area contributed by atoms with Crippen molar-refractivity contribution >= 4 is 22.7 Å². The first-order valence-corrected chi connectivity index (χ1v) is 20.9. The van der Waals surface area contributed by atoms with Crippen molar-refractivity contribution in [2.24, 2.45) is 0 Å². The molecule has 0 bridgehead atoms. The van der Waals surface area contributed by atoms with Gasteiger partial charge in [0.15, 0.2) is 5.78 Å². The van der Waals surface area contributed by atoms with Crippen molar-refractivity contribution in [3.63, 3.8) is 0 Å². The number of ether oxygens (including phenoxy) is 1. The minimum Gasteiger partial charge on any atom is -0.501 e. The zero-order valence-electron chi connectivity index (χ0n) is 35.8. The third-order valence-electron chi connectivity index (χ3n) is 10.5. The molecule has 0 saturated heterocycles. The maximum Gasteiger partial charge on any atom is 0.163 e. The molecule has 3 aliphatic carbocycles. The van der Waals surface area contributed by atoms with Crippen LogP contribution >= 0.6 is 0 Å². The van der Waals surface area contributed by atoms with E-state index in [9.17, 15) is 4.79 Å². The summed E-state index contributed by atoms with van der Waals surface area (Å²) in [7, 11) is 1.64. The lowest BCUT2D eigenvalue weighted by Crippen LogP contribution is -2.30. The fourth-order valence-corrected chi connectivity index (χ4v) is 7.12. The summed E-state index contributed by atoms with van der Waals surface area (Å²) in [4.78, 5) is 18.1. The van der Waals surface area contributed by atoms with E-state index < -0.39 is 0 Å². The van der Waals surface area contributed by atoms with E-state index in [0.29, 0.717) is 25.0 Å². The van der Waals surface area contributed by atoms with Gasteiger partial charge < -0.3 is 14.5 Å². The standard InChI is InChI=1S/C56H60N2O2/c1-7-9-13-23-45(4)57(52-27-14-10-11-15-28-52)55-42-39-49(40-43-55)48-25-22-26-50(38-37-48)56(59)33-21-18-24-47(36-35-46(5)60-6)44(3)34-41-51(8-2)58(54-31-19-20-32-54)53-29-16-12-17-30-53/h7-14,16-20,22-24,26-32,34,36-43,45,54H,2,5,15,21,25,33,35H2,1,3-4,6H3/b9-7-,23-13-,24-18-,44-34+,47-36+,51-41+/t45-/m0/s1. The van der Waals surface area contributed by atoms with Crippen molar-refractivity contribution in [2.75, 3.05) is 16.9 Å². The molecule has 1 atom stereocenters. The van der Waals surface area contributed by atoms with E-state index in [2.05, 4.69) is 201 Å². The summed E-state index contributed by atoms with van der Waals surface area (Å²) >= 11 is 0. The zero-order chi connectivity index (χ0) is 42.5. The van der Waals surface area contributed by atoms with Gasteiger partial charge in [0.05, 0.1) is 18.9 Å². The number of carbonyl (C=O) groups excluding carboxylic acids is 1. The number of ketones is 1. The van der Waals surface area contributed by atoms with Gasteiger partial charge in [-0.2, -0.15) is 0 Å². The summed E-state index contributed by atoms with van der Waals surface area (Å²) in [5.41, 5.74) is 9.55. The molecule has 0 fully saturated rings. The molecule has 0 amide bonds. The van der Waals surface area contributed by atoms with Gasteiger partial charge in [-0.05, 0) is 105 Å². The lowest BCUT2D eigenvalue weighted by Gasteiger charge is -2.31. The number of nitrogens with zero attached hydrogens (tertiary/aromatic N) is 2. The molecule has 3 aliphatic rings. The van der Waals surface area contributed by atoms with Crippen LogP contribution < -0.4 is 9.80 Å². The Morgan fingerprint density at radius 1 is 0.933 bits per heavy atom. The van der Waals surface area contributed by atoms with Crippen LogP contribution in [0.5, 0.6) is 0 Å². The summed E-state index contributed by atoms with van der Waals surface area (Å²) < 4.78 is 5.37. The molecule has 0 spiro atoms. The van der Waals surface area contributed by atoms with Crippen LogP contribution in [-0.2, 0) is 9.53 Å². The number of rotatable bonds is 20. The highest BCUT2D eigenvalue weighted by molar-refractivity contribution is 5.99. The van der Waals surface area contributed by atoms with Gasteiger partial charge in [-0.3, -0.25) is 4.79 Å². The molecular formula is C56H60N2O2. The summed E-state index contributed by atoms with van der Waals surface area (Å²) in [6, 6.07) is 19.4. The molecule has 0 heterocycles. The maximum atomic E-state index is 13.5. The minimum absolute atomic E-state index is 0.0985. The Balaban J connectivity index is 1.27. The van der Waals surface area contributed by atoms with Gasteiger partial charge in [0, 0.05) is 47.2 Å². The monoisotopic (exact) mass is 792 g/mol. The first-order valence-electron chi connectivity index (χ1n) is 20.9. The number of methoxy groups -OCH3 is 1. The van der Waals surface area contributed by atoms with E-state index in [4.69, 9.17) is 4.74 Å². The molecule has 2 aromatic carbocycles. The number of hydrogen-bond acceptors (Lipinski definition) is 4. The lowest BCUT2D eigenvalue weighted by atomic mass is 10.0. The van der Waals surface area contributed by atoms with Crippen molar-refractivity contribution in [3.05, 3.63) is 247 Å². The Morgan fingerprint density at radius 2 is 1.72 bits per heavy atom. The number of Topliss-reactive ketones (excluding diaryl/α,β-unsaturated/α-hetero) is 1. The average molecular weight is 793 g/mol. The van der Waals surface area contributed by atoms with Crippen LogP contribution in [0.4, 0.5) is 11.4 Å². The fourth-order valence-electron chi connectivity index (χ4n) is 7.12. The quantitative estimate of drug-likeness (QED) is 0.0988. The second kappa shape index (κ2) is 23.7. The number of benzene rings is 2. The second-order valence-electron chi connectivity index (χ2n) is 14.7. The summed E-state index contributed by atoms with van der Waals surface area (Å²) in [5.74, 6) is 0.808. The molecule has 5 rings (SSSR count). The van der Waals surface area contributed by atoms with Crippen molar-refractivity contribution in [1.29, 1.82) is 0 Å². The Labute approximate surface area is 359 Å². The maximum absolute atomic E-state index is 13.5. The topological polar surface area (TPSA) is 32.8 Å². The van der Waals surface area contributed by atoms with E-state index >= 15 is 0 Å². The van der Waals surface area contributed by atoms with Gasteiger partial charge in [-0.15, -0.1) is 0 Å². The van der Waals surface area contributed by atoms with Crippen LogP contribution in [0.2, 0.25) is 0 Å². The van der Waals surface area contributed by atoms with Crippen LogP contribution in [-0.4, -0.2) is 25.0 Å². The minimum atomic E-state index is 0.0985. The van der Waals surface area contributed by atoms with E-state index in [-0.39, 0.29) is 17.9 Å². The molecule has 0 unspecified atom stereocenters. The van der Waals surface area contributed by atoms with Crippen LogP contribution in [0.25, 0.3) is 5.57 Å². The Kier molecular flexibility index (Phi) is 17.5. The molecule has 60 heavy (non-hydrogen) atoms. The van der Waals surface area contributed by atoms with Gasteiger partial charge in [-0.1, -0.05) is 165 Å². The van der Waals surface area contributed by atoms with Crippen molar-refractivity contribution in [2.45, 2.75) is 65.0 Å². The first-order chi connectivity index (χ1) is 29.3. The molecule has 4 heteroatoms. The van der Waals surface area contributed by atoms with Gasteiger partial charge in [0.1, 0.15) is 0 Å². The van der Waals surface area contributed by atoms with E-state index in [0.717, 1.165) is 52.2 Å². The van der Waals surface area contributed by atoms with Crippen molar-refractivity contribution in [3.8, 4) is 0 Å². The summed E-state index contributed by atoms with van der Waals surface area (Å²) in [6.07, 6.45) is 51.6. The second-order valence-corrected chi connectivity index (χ2v) is 14.7. The Morgan fingerprint density at radius 3 is 2.45 bits per heavy atom. The number of allylic oxidation sites excluding steroid dienone is 24. The van der Waals surface area contributed by atoms with Gasteiger partial charge in [0.25, 0.3) is 0 Å². The Bertz CT molecular complexity index is 2240. The van der Waals surface area contributed by atoms with Gasteiger partial charge in [-0.25, -0.2) is 0 Å². The summed E-state index contributed by atoms with van der Waals surface area (Å²) in [6.45, 7) is 14.5. The normalized spacial score (nSPS) is 16.5. The molecule has 2 aromatic rings. The van der Waals surface area contributed by atoms with Crippen molar-refractivity contribution in [1.82, 2.24) is 0 Å². The van der Waals surface area contributed by atoms with Crippen LogP contribution in [0.3, 0.4) is 0 Å². The van der Waals surface area contributed by atoms with Crippen LogP contribution in [0.1, 0.15) is 58.4 Å². The van der Waals surface area contributed by atoms with E-state index in [1.165, 1.54) is 11.3 Å². The molecular weight excluding hydrogens is 733 g/mol. The number of carbonyl (C=O) groups is 1. The SMILES string of the molecule is C=C\C(=C/C=C(C)/C(/C=C\CCC(=O)C1=CC=C(c2ccc(N(C3=CCC=CC=C3)[C@@H](C)/C=C\C=C/C)cc2)CC=C1)=C/CC(=C)OC)N(c1ccccc1)C1C=CC=C1. The molecule has 0 radical (unpaired) electrons. The largest absolute Gasteiger partial charge is 0.501 e. The molecule has 0 aliphatic heterocycles. The first kappa shape index (κ1) is 44.5. The third kappa shape index (κ3) is 12.9. The van der Waals surface area contributed by atoms with E-state index in [1.54, 1.807) is 7.11 Å². The van der Waals surface area contributed by atoms with Crippen molar-refractivity contribution < 1.29 is 9.53 Å². The predicted molar refractivity (Wildman–Crippen MR) is 258 cm³/mol. The van der Waals surface area contributed by atoms with E-state index in [1.807, 2.05) is 37.3 Å². The van der Waals surface area contributed by atoms with Gasteiger partial charge in [0.2, 0.25) is 0 Å². The third-order valence-corrected chi connectivity index (χ3v) is 10.5. The fraction of sp³-hybridized carbons (Fsp3) is 0.196. The number of para-hydroxylation sites is 1. The molecule has 4 nitrogen and oxygen atoms in total. The Hall–Kier alpha value is -6.65. The van der Waals surface area contributed by atoms with Crippen LogP contribution in [0, 0.1) is 0 Å². The lowest BCUT2D eigenvalue weighted by molar-refractivity contribution is -0.115. The highest BCUT2D eigenvalue weighted by Crippen LogP contribution is 2.30. The highest BCUT2D eigenvalue weighted by Gasteiger charge is 2.19. The average Bonchev–Trinajstić information content (AvgIpc) is 3.50. The molecule has 306 valence electrons. The highest BCUT2D eigenvalue weighted by atomic mass is 16.5. The zero-order valence-corrected chi connectivity index (χ0v) is 35.8. The molecule has 0 N–H and O–H groups in total. The molecule has 0 saturated carbocycles. The smallest absolute Gasteiger partial charge is 0.163 e. The number of anilines is 2. The number of hydrogen-bond donors (Lipinski definition) is 0. The predicted octanol–water partition coefficient (Wildman–Crippen LogP) is 14.1. The van der Waals surface area contributed by atoms with Crippen LogP contribution in [0.15, 0.2) is 241 Å². The van der Waals surface area contributed by atoms with Gasteiger partial charge >= 0.3 is 0 Å². The molecule has 0 aromatic heterocycles. The summed E-state index contributed by atoms with van der Waals surface area (Å²) in [5, 5.41) is 0.